The molecule has 0 aliphatic heterocycles. The number of rotatable bonds is 4. The van der Waals surface area contributed by atoms with Gasteiger partial charge in [-0.05, 0) is 41.1 Å². The van der Waals surface area contributed by atoms with Gasteiger partial charge in [0.15, 0.2) is 5.05 Å². The van der Waals surface area contributed by atoms with E-state index in [1.165, 1.54) is 0 Å². The van der Waals surface area contributed by atoms with Gasteiger partial charge in [-0.2, -0.15) is 0 Å². The van der Waals surface area contributed by atoms with Crippen molar-refractivity contribution in [3.05, 3.63) is 103 Å². The van der Waals surface area contributed by atoms with Gasteiger partial charge in [0.25, 0.3) is 11.1 Å². The molecular weight excluding hydrogens is 360 g/mol. The van der Waals surface area contributed by atoms with Crippen LogP contribution in [0.2, 0.25) is 0 Å². The first-order valence-corrected chi connectivity index (χ1v) is 8.75. The van der Waals surface area contributed by atoms with Crippen molar-refractivity contribution in [2.24, 2.45) is 0 Å². The molecule has 0 fully saturated rings. The Morgan fingerprint density at radius 1 is 0.889 bits per heavy atom. The normalized spacial score (nSPS) is 12.2. The Balaban J connectivity index is 1.92. The van der Waals surface area contributed by atoms with Crippen molar-refractivity contribution in [3.8, 4) is 0 Å². The fourth-order valence-electron chi connectivity index (χ4n) is 2.47. The van der Waals surface area contributed by atoms with Gasteiger partial charge in [0.05, 0.1) is 0 Å². The molecule has 0 amide bonds. The molecule has 0 radical (unpaired) electrons. The van der Waals surface area contributed by atoms with Gasteiger partial charge < -0.3 is 14.7 Å². The Labute approximate surface area is 160 Å². The smallest absolute Gasteiger partial charge is 0.272 e. The van der Waals surface area contributed by atoms with Gasteiger partial charge in [-0.1, -0.05) is 54.6 Å². The molecule has 2 aromatic carbocycles. The predicted octanol–water partition coefficient (Wildman–Crippen LogP) is 1.58. The SMILES string of the molecule is CC(=S)OCc1ccc(C=c2[nH]c(=O)c(=Cc3ccccc3)[nH]c2=O)cc1. The summed E-state index contributed by atoms with van der Waals surface area (Å²) in [6.07, 6.45) is 3.26. The van der Waals surface area contributed by atoms with E-state index in [1.54, 1.807) is 19.1 Å². The van der Waals surface area contributed by atoms with E-state index in [9.17, 15) is 9.59 Å². The first-order valence-electron chi connectivity index (χ1n) is 8.35. The largest absolute Gasteiger partial charge is 0.483 e. The standard InChI is InChI=1S/C21H18N2O3S/c1-14(27)26-13-17-9-7-16(8-10-17)12-19-21(25)22-18(20(24)23-19)11-15-5-3-2-4-6-15/h2-12H,13H2,1H3,(H,22,25)(H,23,24). The van der Waals surface area contributed by atoms with Crippen molar-refractivity contribution < 1.29 is 4.74 Å². The fourth-order valence-corrected chi connectivity index (χ4v) is 2.53. The van der Waals surface area contributed by atoms with E-state index in [1.807, 2.05) is 54.6 Å². The van der Waals surface area contributed by atoms with Crippen LogP contribution < -0.4 is 21.8 Å². The zero-order chi connectivity index (χ0) is 19.2. The second-order valence-corrected chi connectivity index (χ2v) is 6.53. The molecule has 5 nitrogen and oxygen atoms in total. The number of aromatic nitrogens is 2. The molecule has 1 aromatic heterocycles. The predicted molar refractivity (Wildman–Crippen MR) is 110 cm³/mol. The highest BCUT2D eigenvalue weighted by Crippen LogP contribution is 2.06. The summed E-state index contributed by atoms with van der Waals surface area (Å²) >= 11 is 4.88. The molecule has 3 aromatic rings. The van der Waals surface area contributed by atoms with Crippen LogP contribution in [0.15, 0.2) is 64.2 Å². The maximum atomic E-state index is 12.3. The first-order chi connectivity index (χ1) is 13.0. The molecule has 2 N–H and O–H groups in total. The van der Waals surface area contributed by atoms with Gasteiger partial charge in [-0.3, -0.25) is 9.59 Å². The van der Waals surface area contributed by atoms with E-state index >= 15 is 0 Å². The molecule has 0 saturated heterocycles. The van der Waals surface area contributed by atoms with E-state index in [0.717, 1.165) is 16.7 Å². The molecular formula is C21H18N2O3S. The minimum atomic E-state index is -0.361. The summed E-state index contributed by atoms with van der Waals surface area (Å²) in [7, 11) is 0. The molecule has 3 rings (SSSR count). The van der Waals surface area contributed by atoms with Crippen molar-refractivity contribution in [1.82, 2.24) is 9.97 Å². The van der Waals surface area contributed by atoms with Crippen LogP contribution in [0.4, 0.5) is 0 Å². The third kappa shape index (κ3) is 5.12. The minimum Gasteiger partial charge on any atom is -0.483 e. The van der Waals surface area contributed by atoms with E-state index < -0.39 is 0 Å². The lowest BCUT2D eigenvalue weighted by Gasteiger charge is -2.03. The summed E-state index contributed by atoms with van der Waals surface area (Å²) in [6, 6.07) is 16.8. The Morgan fingerprint density at radius 3 is 1.93 bits per heavy atom. The van der Waals surface area contributed by atoms with Crippen LogP contribution in [0, 0.1) is 0 Å². The van der Waals surface area contributed by atoms with Gasteiger partial charge in [-0.25, -0.2) is 0 Å². The van der Waals surface area contributed by atoms with Crippen molar-refractivity contribution >= 4 is 29.4 Å². The second-order valence-electron chi connectivity index (χ2n) is 5.96. The number of aromatic amines is 2. The highest BCUT2D eigenvalue weighted by atomic mass is 32.1. The van der Waals surface area contributed by atoms with Gasteiger partial charge in [0, 0.05) is 6.92 Å². The second kappa shape index (κ2) is 8.42. The Hall–Kier alpha value is -3.25. The van der Waals surface area contributed by atoms with E-state index in [2.05, 4.69) is 9.97 Å². The van der Waals surface area contributed by atoms with Crippen LogP contribution >= 0.6 is 12.2 Å². The summed E-state index contributed by atoms with van der Waals surface area (Å²) in [4.78, 5) is 29.9. The van der Waals surface area contributed by atoms with Gasteiger partial charge in [-0.15, -0.1) is 0 Å². The van der Waals surface area contributed by atoms with Crippen molar-refractivity contribution in [2.75, 3.05) is 0 Å². The van der Waals surface area contributed by atoms with Crippen LogP contribution in [-0.2, 0) is 11.3 Å². The topological polar surface area (TPSA) is 75.0 Å². The lowest BCUT2D eigenvalue weighted by Crippen LogP contribution is -2.46. The zero-order valence-electron chi connectivity index (χ0n) is 14.7. The van der Waals surface area contributed by atoms with Crippen molar-refractivity contribution in [3.63, 3.8) is 0 Å². The third-order valence-corrected chi connectivity index (χ3v) is 3.95. The van der Waals surface area contributed by atoms with Crippen molar-refractivity contribution in [2.45, 2.75) is 13.5 Å². The summed E-state index contributed by atoms with van der Waals surface area (Å²) in [5, 5.41) is 0.900. The molecule has 6 heteroatoms. The quantitative estimate of drug-likeness (QED) is 0.676. The van der Waals surface area contributed by atoms with Gasteiger partial charge in [0.1, 0.15) is 17.3 Å². The summed E-state index contributed by atoms with van der Waals surface area (Å²) in [6.45, 7) is 2.12. The number of nitrogens with one attached hydrogen (secondary N) is 2. The Bertz CT molecular complexity index is 1180. The molecule has 27 heavy (non-hydrogen) atoms. The van der Waals surface area contributed by atoms with Crippen LogP contribution in [0.3, 0.4) is 0 Å². The molecule has 136 valence electrons. The third-order valence-electron chi connectivity index (χ3n) is 3.83. The van der Waals surface area contributed by atoms with Gasteiger partial charge >= 0.3 is 0 Å². The van der Waals surface area contributed by atoms with E-state index in [-0.39, 0.29) is 21.8 Å². The van der Waals surface area contributed by atoms with E-state index in [4.69, 9.17) is 17.0 Å². The van der Waals surface area contributed by atoms with Crippen LogP contribution in [0.25, 0.3) is 12.2 Å². The average molecular weight is 378 g/mol. The van der Waals surface area contributed by atoms with Crippen LogP contribution in [-0.4, -0.2) is 15.0 Å². The molecule has 0 atom stereocenters. The molecule has 0 aliphatic carbocycles. The van der Waals surface area contributed by atoms with E-state index in [0.29, 0.717) is 11.7 Å². The average Bonchev–Trinajstić information content (AvgIpc) is 2.66. The number of hydrogen-bond acceptors (Lipinski definition) is 4. The number of H-pyrrole nitrogens is 2. The summed E-state index contributed by atoms with van der Waals surface area (Å²) in [5.41, 5.74) is 1.87. The number of benzene rings is 2. The zero-order valence-corrected chi connectivity index (χ0v) is 15.5. The lowest BCUT2D eigenvalue weighted by atomic mass is 10.1. The fraction of sp³-hybridized carbons (Fsp3) is 0.0952. The van der Waals surface area contributed by atoms with Crippen LogP contribution in [0.1, 0.15) is 23.6 Å². The first kappa shape index (κ1) is 18.5. The maximum Gasteiger partial charge on any atom is 0.272 e. The highest BCUT2D eigenvalue weighted by molar-refractivity contribution is 7.80. The number of hydrogen-bond donors (Lipinski definition) is 2. The Kier molecular flexibility index (Phi) is 5.78. The lowest BCUT2D eigenvalue weighted by molar-refractivity contribution is 0.298. The number of ether oxygens (including phenoxy) is 1. The van der Waals surface area contributed by atoms with Crippen LogP contribution in [0.5, 0.6) is 0 Å². The Morgan fingerprint density at radius 2 is 1.41 bits per heavy atom. The number of thiocarbonyl (C=S) groups is 1. The maximum absolute atomic E-state index is 12.3. The molecule has 1 heterocycles. The van der Waals surface area contributed by atoms with Gasteiger partial charge in [0.2, 0.25) is 0 Å². The van der Waals surface area contributed by atoms with Crippen molar-refractivity contribution in [1.29, 1.82) is 0 Å². The molecule has 0 saturated carbocycles. The molecule has 0 spiro atoms. The summed E-state index contributed by atoms with van der Waals surface area (Å²) < 4.78 is 5.30. The minimum absolute atomic E-state index is 0.198. The summed E-state index contributed by atoms with van der Waals surface area (Å²) in [5.74, 6) is 0. The molecule has 0 aliphatic rings. The molecule has 0 unspecified atom stereocenters. The highest BCUT2D eigenvalue weighted by Gasteiger charge is 1.98. The molecule has 0 bridgehead atoms. The monoisotopic (exact) mass is 378 g/mol.